The lowest BCUT2D eigenvalue weighted by Gasteiger charge is -2.12. The summed E-state index contributed by atoms with van der Waals surface area (Å²) in [5.74, 6) is 1.09. The Labute approximate surface area is 127 Å². The van der Waals surface area contributed by atoms with Crippen molar-refractivity contribution in [2.75, 3.05) is 34.4 Å². The number of nitrogens with one attached hydrogen (secondary N) is 2. The lowest BCUT2D eigenvalue weighted by atomic mass is 10.2. The molecular formula is C13H19IN2O3. The molecule has 0 saturated carbocycles. The second kappa shape index (κ2) is 8.21. The van der Waals surface area contributed by atoms with Crippen LogP contribution in [-0.4, -0.2) is 40.3 Å². The van der Waals surface area contributed by atoms with Crippen molar-refractivity contribution in [1.82, 2.24) is 10.6 Å². The van der Waals surface area contributed by atoms with Gasteiger partial charge in [-0.2, -0.15) is 0 Å². The van der Waals surface area contributed by atoms with Crippen LogP contribution in [-0.2, 0) is 0 Å². The fourth-order valence-corrected chi connectivity index (χ4v) is 2.27. The summed E-state index contributed by atoms with van der Waals surface area (Å²) in [6.07, 6.45) is 0.895. The van der Waals surface area contributed by atoms with E-state index in [0.29, 0.717) is 23.6 Å². The van der Waals surface area contributed by atoms with Gasteiger partial charge in [-0.15, -0.1) is 0 Å². The summed E-state index contributed by atoms with van der Waals surface area (Å²) >= 11 is 2.12. The second-order valence-corrected chi connectivity index (χ2v) is 5.06. The van der Waals surface area contributed by atoms with Crippen LogP contribution in [0.25, 0.3) is 0 Å². The summed E-state index contributed by atoms with van der Waals surface area (Å²) in [6.45, 7) is 1.52. The molecule has 0 atom stereocenters. The molecule has 2 N–H and O–H groups in total. The van der Waals surface area contributed by atoms with Crippen molar-refractivity contribution in [2.24, 2.45) is 0 Å². The van der Waals surface area contributed by atoms with Gasteiger partial charge in [0.05, 0.1) is 19.8 Å². The number of benzene rings is 1. The Bertz CT molecular complexity index is 438. The Kier molecular flexibility index (Phi) is 6.93. The first-order valence-electron chi connectivity index (χ1n) is 5.98. The standard InChI is InChI=1S/C13H19IN2O3/c1-15-5-4-6-16-13(17)9-7-11(18-2)12(19-3)8-10(9)14/h7-8,15H,4-6H2,1-3H3,(H,16,17). The molecule has 1 aromatic rings. The molecule has 0 spiro atoms. The van der Waals surface area contributed by atoms with Gasteiger partial charge in [0.15, 0.2) is 11.5 Å². The van der Waals surface area contributed by atoms with E-state index in [0.717, 1.165) is 16.5 Å². The van der Waals surface area contributed by atoms with E-state index < -0.39 is 0 Å². The van der Waals surface area contributed by atoms with Crippen molar-refractivity contribution >= 4 is 28.5 Å². The number of amides is 1. The third-order valence-corrected chi connectivity index (χ3v) is 3.50. The molecule has 0 aromatic heterocycles. The third kappa shape index (κ3) is 4.54. The number of carbonyl (C=O) groups is 1. The van der Waals surface area contributed by atoms with Crippen LogP contribution in [0, 0.1) is 3.57 Å². The summed E-state index contributed by atoms with van der Waals surface area (Å²) in [7, 11) is 5.02. The number of rotatable bonds is 7. The van der Waals surface area contributed by atoms with E-state index in [9.17, 15) is 4.79 Å². The molecule has 0 aliphatic heterocycles. The van der Waals surface area contributed by atoms with E-state index in [2.05, 4.69) is 33.2 Å². The zero-order chi connectivity index (χ0) is 14.3. The first kappa shape index (κ1) is 16.0. The molecule has 5 nitrogen and oxygen atoms in total. The molecule has 0 bridgehead atoms. The molecule has 1 aromatic carbocycles. The SMILES string of the molecule is CNCCCNC(=O)c1cc(OC)c(OC)cc1I. The number of ether oxygens (including phenoxy) is 2. The number of carbonyl (C=O) groups excluding carboxylic acids is 1. The third-order valence-electron chi connectivity index (χ3n) is 2.61. The predicted molar refractivity (Wildman–Crippen MR) is 83.1 cm³/mol. The summed E-state index contributed by atoms with van der Waals surface area (Å²) < 4.78 is 11.2. The van der Waals surface area contributed by atoms with Crippen LogP contribution in [0.5, 0.6) is 11.5 Å². The fraction of sp³-hybridized carbons (Fsp3) is 0.462. The van der Waals surface area contributed by atoms with E-state index in [4.69, 9.17) is 9.47 Å². The quantitative estimate of drug-likeness (QED) is 0.560. The van der Waals surface area contributed by atoms with E-state index in [1.54, 1.807) is 26.4 Å². The largest absolute Gasteiger partial charge is 0.493 e. The predicted octanol–water partition coefficient (Wildman–Crippen LogP) is 1.65. The Morgan fingerprint density at radius 3 is 2.42 bits per heavy atom. The van der Waals surface area contributed by atoms with E-state index in [-0.39, 0.29) is 5.91 Å². The number of halogens is 1. The summed E-state index contributed by atoms with van der Waals surface area (Å²) in [5, 5.41) is 5.92. The molecule has 106 valence electrons. The highest BCUT2D eigenvalue weighted by Crippen LogP contribution is 2.31. The lowest BCUT2D eigenvalue weighted by molar-refractivity contribution is 0.0952. The van der Waals surface area contributed by atoms with Crippen molar-refractivity contribution in [2.45, 2.75) is 6.42 Å². The Balaban J connectivity index is 2.79. The maximum absolute atomic E-state index is 12.1. The molecule has 0 unspecified atom stereocenters. The highest BCUT2D eigenvalue weighted by molar-refractivity contribution is 14.1. The van der Waals surface area contributed by atoms with Crippen molar-refractivity contribution < 1.29 is 14.3 Å². The van der Waals surface area contributed by atoms with E-state index in [1.165, 1.54) is 0 Å². The van der Waals surface area contributed by atoms with Crippen molar-refractivity contribution in [3.8, 4) is 11.5 Å². The maximum Gasteiger partial charge on any atom is 0.252 e. The molecule has 0 radical (unpaired) electrons. The van der Waals surface area contributed by atoms with Crippen molar-refractivity contribution in [1.29, 1.82) is 0 Å². The van der Waals surface area contributed by atoms with Crippen LogP contribution in [0.1, 0.15) is 16.8 Å². The maximum atomic E-state index is 12.1. The van der Waals surface area contributed by atoms with Gasteiger partial charge in [0.1, 0.15) is 0 Å². The normalized spacial score (nSPS) is 10.1. The van der Waals surface area contributed by atoms with Crippen LogP contribution < -0.4 is 20.1 Å². The molecular weight excluding hydrogens is 359 g/mol. The monoisotopic (exact) mass is 378 g/mol. The van der Waals surface area contributed by atoms with Gasteiger partial charge in [-0.3, -0.25) is 4.79 Å². The van der Waals surface area contributed by atoms with Crippen molar-refractivity contribution in [3.63, 3.8) is 0 Å². The van der Waals surface area contributed by atoms with Gasteiger partial charge in [0.25, 0.3) is 5.91 Å². The van der Waals surface area contributed by atoms with Crippen LogP contribution in [0.4, 0.5) is 0 Å². The minimum Gasteiger partial charge on any atom is -0.493 e. The first-order valence-corrected chi connectivity index (χ1v) is 7.06. The molecule has 0 aliphatic carbocycles. The average Bonchev–Trinajstić information content (AvgIpc) is 2.42. The molecule has 0 aliphatic rings. The minimum absolute atomic E-state index is 0.0959. The van der Waals surface area contributed by atoms with Crippen LogP contribution in [0.3, 0.4) is 0 Å². The topological polar surface area (TPSA) is 59.6 Å². The Morgan fingerprint density at radius 1 is 1.21 bits per heavy atom. The first-order chi connectivity index (χ1) is 9.13. The second-order valence-electron chi connectivity index (χ2n) is 3.90. The molecule has 1 rings (SSSR count). The summed E-state index contributed by atoms with van der Waals surface area (Å²) in [5.41, 5.74) is 0.600. The molecule has 0 fully saturated rings. The highest BCUT2D eigenvalue weighted by Gasteiger charge is 2.14. The summed E-state index contributed by atoms with van der Waals surface area (Å²) in [4.78, 5) is 12.1. The number of hydrogen-bond acceptors (Lipinski definition) is 4. The van der Waals surface area contributed by atoms with E-state index >= 15 is 0 Å². The molecule has 0 saturated heterocycles. The highest BCUT2D eigenvalue weighted by atomic mass is 127. The fourth-order valence-electron chi connectivity index (χ4n) is 1.59. The van der Waals surface area contributed by atoms with Gasteiger partial charge in [0.2, 0.25) is 0 Å². The molecule has 0 heterocycles. The van der Waals surface area contributed by atoms with Crippen LogP contribution in [0.2, 0.25) is 0 Å². The van der Waals surface area contributed by atoms with Gasteiger partial charge in [-0.1, -0.05) is 0 Å². The van der Waals surface area contributed by atoms with E-state index in [1.807, 2.05) is 7.05 Å². The smallest absolute Gasteiger partial charge is 0.252 e. The lowest BCUT2D eigenvalue weighted by Crippen LogP contribution is -2.27. The molecule has 1 amide bonds. The average molecular weight is 378 g/mol. The Morgan fingerprint density at radius 2 is 1.84 bits per heavy atom. The van der Waals surface area contributed by atoms with Crippen LogP contribution in [0.15, 0.2) is 12.1 Å². The number of hydrogen-bond donors (Lipinski definition) is 2. The zero-order valence-corrected chi connectivity index (χ0v) is 13.5. The Hall–Kier alpha value is -1.02. The van der Waals surface area contributed by atoms with Crippen LogP contribution >= 0.6 is 22.6 Å². The zero-order valence-electron chi connectivity index (χ0n) is 11.4. The van der Waals surface area contributed by atoms with Gasteiger partial charge < -0.3 is 20.1 Å². The van der Waals surface area contributed by atoms with Gasteiger partial charge in [-0.05, 0) is 54.7 Å². The van der Waals surface area contributed by atoms with Gasteiger partial charge in [-0.25, -0.2) is 0 Å². The minimum atomic E-state index is -0.0959. The number of methoxy groups -OCH3 is 2. The van der Waals surface area contributed by atoms with Gasteiger partial charge in [0, 0.05) is 10.1 Å². The molecule has 19 heavy (non-hydrogen) atoms. The summed E-state index contributed by atoms with van der Waals surface area (Å²) in [6, 6.07) is 3.50. The van der Waals surface area contributed by atoms with Crippen molar-refractivity contribution in [3.05, 3.63) is 21.3 Å². The molecule has 6 heteroatoms. The van der Waals surface area contributed by atoms with Gasteiger partial charge >= 0.3 is 0 Å².